The van der Waals surface area contributed by atoms with Gasteiger partial charge in [0, 0.05) is 19.3 Å². The average Bonchev–Trinajstić information content (AvgIpc) is 3.13. The van der Waals surface area contributed by atoms with Gasteiger partial charge in [-0.1, -0.05) is 6.42 Å². The first kappa shape index (κ1) is 23.8. The maximum absolute atomic E-state index is 13.5. The fourth-order valence-electron chi connectivity index (χ4n) is 4.65. The van der Waals surface area contributed by atoms with Gasteiger partial charge in [0.2, 0.25) is 11.8 Å². The lowest BCUT2D eigenvalue weighted by molar-refractivity contribution is -0.144. The van der Waals surface area contributed by atoms with Gasteiger partial charge in [0.25, 0.3) is 0 Å². The molecule has 0 bridgehead atoms. The topological polar surface area (TPSA) is 85.3 Å². The molecule has 2 heterocycles. The van der Waals surface area contributed by atoms with Crippen LogP contribution in [-0.2, 0) is 4.79 Å². The molecule has 2 aliphatic rings. The third-order valence-corrected chi connectivity index (χ3v) is 6.90. The van der Waals surface area contributed by atoms with E-state index in [1.54, 1.807) is 23.0 Å². The number of carbonyl (C=O) groups excluding carboxylic acids is 1. The lowest BCUT2D eigenvalue weighted by Crippen LogP contribution is -2.36. The second-order valence-corrected chi connectivity index (χ2v) is 9.33. The van der Waals surface area contributed by atoms with Gasteiger partial charge in [-0.25, -0.2) is 18.3 Å². The fourth-order valence-corrected chi connectivity index (χ4v) is 4.65. The Bertz CT molecular complexity index is 977. The summed E-state index contributed by atoms with van der Waals surface area (Å²) in [5, 5.41) is 7.10. The van der Waals surface area contributed by atoms with Crippen LogP contribution in [0.25, 0.3) is 5.65 Å². The zero-order chi connectivity index (χ0) is 23.8. The SMILES string of the molecule is N[C@H](c1cn2ncc(C(NC(=O)CCC(F)(F)F)C3CCC3)cc2n1)C1CCC(F)(F)CC1. The molecule has 11 heteroatoms. The van der Waals surface area contributed by atoms with Crippen LogP contribution in [0.1, 0.15) is 81.1 Å². The van der Waals surface area contributed by atoms with E-state index in [1.807, 2.05) is 0 Å². The normalized spacial score (nSPS) is 21.5. The van der Waals surface area contributed by atoms with Gasteiger partial charge < -0.3 is 11.1 Å². The van der Waals surface area contributed by atoms with E-state index in [0.717, 1.165) is 19.3 Å². The molecule has 2 aromatic heterocycles. The van der Waals surface area contributed by atoms with Gasteiger partial charge in [0.15, 0.2) is 5.65 Å². The number of hydrogen-bond acceptors (Lipinski definition) is 4. The zero-order valence-corrected chi connectivity index (χ0v) is 18.1. The molecule has 1 unspecified atom stereocenters. The van der Waals surface area contributed by atoms with Crippen LogP contribution < -0.4 is 11.1 Å². The number of carbonyl (C=O) groups is 1. The fraction of sp³-hybridized carbons (Fsp3) is 0.682. The largest absolute Gasteiger partial charge is 0.389 e. The van der Waals surface area contributed by atoms with Crippen molar-refractivity contribution in [2.24, 2.45) is 17.6 Å². The van der Waals surface area contributed by atoms with E-state index < -0.39 is 42.9 Å². The van der Waals surface area contributed by atoms with E-state index in [1.165, 1.54) is 0 Å². The number of amides is 1. The standard InChI is InChI=1S/C22H28F5N5O/c23-21(24)7-4-13(5-8-21)19(28)16-12-32-17(30-16)10-15(11-29-32)20(14-2-1-3-14)31-18(33)6-9-22(25,26)27/h10-14,19-20H,1-9,28H2,(H,31,33)/t19-,20?/m0/s1. The van der Waals surface area contributed by atoms with E-state index in [9.17, 15) is 26.7 Å². The molecule has 0 saturated heterocycles. The van der Waals surface area contributed by atoms with Gasteiger partial charge in [-0.2, -0.15) is 18.3 Å². The highest BCUT2D eigenvalue weighted by Crippen LogP contribution is 2.41. The Kier molecular flexibility index (Phi) is 6.61. The molecule has 6 nitrogen and oxygen atoms in total. The number of hydrogen-bond donors (Lipinski definition) is 2. The summed E-state index contributed by atoms with van der Waals surface area (Å²) in [4.78, 5) is 16.7. The van der Waals surface area contributed by atoms with Crippen LogP contribution in [0.15, 0.2) is 18.5 Å². The van der Waals surface area contributed by atoms with Crippen molar-refractivity contribution >= 4 is 11.6 Å². The molecule has 0 radical (unpaired) electrons. The first-order valence-corrected chi connectivity index (χ1v) is 11.4. The number of nitrogens with one attached hydrogen (secondary N) is 1. The maximum atomic E-state index is 13.5. The van der Waals surface area contributed by atoms with Crippen LogP contribution in [-0.4, -0.2) is 32.6 Å². The number of halogens is 5. The Morgan fingerprint density at radius 2 is 1.91 bits per heavy atom. The number of aromatic nitrogens is 3. The highest BCUT2D eigenvalue weighted by Gasteiger charge is 2.38. The Morgan fingerprint density at radius 3 is 2.52 bits per heavy atom. The second-order valence-electron chi connectivity index (χ2n) is 9.33. The lowest BCUT2D eigenvalue weighted by Gasteiger charge is -2.34. The molecule has 2 saturated carbocycles. The summed E-state index contributed by atoms with van der Waals surface area (Å²) >= 11 is 0. The van der Waals surface area contributed by atoms with Crippen molar-refractivity contribution in [3.8, 4) is 0 Å². The summed E-state index contributed by atoms with van der Waals surface area (Å²) in [5.41, 5.74) is 8.07. The Balaban J connectivity index is 1.49. The molecular formula is C22H28F5N5O. The van der Waals surface area contributed by atoms with Gasteiger partial charge in [0.05, 0.1) is 36.6 Å². The summed E-state index contributed by atoms with van der Waals surface area (Å²) in [5.74, 6) is -3.24. The molecule has 182 valence electrons. The monoisotopic (exact) mass is 473 g/mol. The van der Waals surface area contributed by atoms with Crippen LogP contribution in [0.4, 0.5) is 22.0 Å². The molecule has 2 fully saturated rings. The minimum Gasteiger partial charge on any atom is -0.349 e. The van der Waals surface area contributed by atoms with Crippen LogP contribution in [0, 0.1) is 11.8 Å². The number of fused-ring (bicyclic) bond motifs is 1. The lowest BCUT2D eigenvalue weighted by atomic mass is 9.77. The first-order chi connectivity index (χ1) is 15.5. The molecule has 0 aromatic carbocycles. The molecule has 2 aliphatic carbocycles. The Labute approximate surface area is 188 Å². The number of nitrogens with zero attached hydrogens (tertiary/aromatic N) is 3. The highest BCUT2D eigenvalue weighted by molar-refractivity contribution is 5.76. The van der Waals surface area contributed by atoms with Crippen molar-refractivity contribution in [3.05, 3.63) is 29.7 Å². The predicted octanol–water partition coefficient (Wildman–Crippen LogP) is 4.85. The van der Waals surface area contributed by atoms with Crippen molar-refractivity contribution in [2.75, 3.05) is 0 Å². The quantitative estimate of drug-likeness (QED) is 0.563. The summed E-state index contributed by atoms with van der Waals surface area (Å²) in [6.07, 6.45) is 0.112. The zero-order valence-electron chi connectivity index (χ0n) is 18.1. The van der Waals surface area contributed by atoms with Crippen LogP contribution >= 0.6 is 0 Å². The smallest absolute Gasteiger partial charge is 0.349 e. The summed E-state index contributed by atoms with van der Waals surface area (Å²) in [6, 6.07) is 0.827. The minimum atomic E-state index is -4.39. The molecule has 2 aromatic rings. The van der Waals surface area contributed by atoms with E-state index in [0.29, 0.717) is 29.7 Å². The molecule has 3 N–H and O–H groups in total. The minimum absolute atomic E-state index is 0.0929. The number of nitrogens with two attached hydrogens (primary N) is 1. The molecule has 33 heavy (non-hydrogen) atoms. The van der Waals surface area contributed by atoms with Gasteiger partial charge in [-0.3, -0.25) is 4.79 Å². The van der Waals surface area contributed by atoms with E-state index in [-0.39, 0.29) is 24.7 Å². The maximum Gasteiger partial charge on any atom is 0.389 e. The van der Waals surface area contributed by atoms with Gasteiger partial charge in [-0.15, -0.1) is 0 Å². The van der Waals surface area contributed by atoms with Crippen LogP contribution in [0.3, 0.4) is 0 Å². The molecule has 0 spiro atoms. The summed E-state index contributed by atoms with van der Waals surface area (Å²) < 4.78 is 65.9. The predicted molar refractivity (Wildman–Crippen MR) is 110 cm³/mol. The van der Waals surface area contributed by atoms with E-state index >= 15 is 0 Å². The van der Waals surface area contributed by atoms with Crippen molar-refractivity contribution in [1.82, 2.24) is 19.9 Å². The summed E-state index contributed by atoms with van der Waals surface area (Å²) in [7, 11) is 0. The van der Waals surface area contributed by atoms with Gasteiger partial charge in [0.1, 0.15) is 0 Å². The molecule has 4 rings (SSSR count). The van der Waals surface area contributed by atoms with Gasteiger partial charge >= 0.3 is 6.18 Å². The Hall–Kier alpha value is -2.30. The van der Waals surface area contributed by atoms with E-state index in [2.05, 4.69) is 15.4 Å². The average molecular weight is 473 g/mol. The van der Waals surface area contributed by atoms with Crippen molar-refractivity contribution in [3.63, 3.8) is 0 Å². The van der Waals surface area contributed by atoms with Crippen molar-refractivity contribution in [1.29, 1.82) is 0 Å². The highest BCUT2D eigenvalue weighted by atomic mass is 19.4. The number of rotatable bonds is 7. The van der Waals surface area contributed by atoms with Crippen molar-refractivity contribution < 1.29 is 26.7 Å². The third-order valence-electron chi connectivity index (χ3n) is 6.90. The second kappa shape index (κ2) is 9.15. The molecule has 1 amide bonds. The molecule has 0 aliphatic heterocycles. The summed E-state index contributed by atoms with van der Waals surface area (Å²) in [6.45, 7) is 0. The third kappa shape index (κ3) is 5.80. The molecule has 2 atom stereocenters. The van der Waals surface area contributed by atoms with Crippen LogP contribution in [0.5, 0.6) is 0 Å². The van der Waals surface area contributed by atoms with Crippen LogP contribution in [0.2, 0.25) is 0 Å². The number of imidazole rings is 1. The Morgan fingerprint density at radius 1 is 1.21 bits per heavy atom. The number of alkyl halides is 5. The van der Waals surface area contributed by atoms with Gasteiger partial charge in [-0.05, 0) is 49.1 Å². The van der Waals surface area contributed by atoms with E-state index in [4.69, 9.17) is 5.73 Å². The molecular weight excluding hydrogens is 445 g/mol. The van der Waals surface area contributed by atoms with Crippen molar-refractivity contribution in [2.45, 2.75) is 82.0 Å². The first-order valence-electron chi connectivity index (χ1n) is 11.4.